The largest absolute Gasteiger partial charge is 0.481 e. The summed E-state index contributed by atoms with van der Waals surface area (Å²) in [6.45, 7) is 2.14. The molecule has 2 aromatic carbocycles. The number of benzene rings is 2. The summed E-state index contributed by atoms with van der Waals surface area (Å²) >= 11 is 1.76. The van der Waals surface area contributed by atoms with E-state index in [1.807, 2.05) is 59.1 Å². The SMILES string of the molecule is CCc1ccc(Cc2nc3c(Cc4ccccc4)nc(-c4ccccc4)cn3c2CC(=O)O)s1. The van der Waals surface area contributed by atoms with E-state index in [1.54, 1.807) is 11.3 Å². The molecule has 3 heterocycles. The Kier molecular flexibility index (Phi) is 6.23. The van der Waals surface area contributed by atoms with E-state index in [4.69, 9.17) is 9.97 Å². The number of hydrogen-bond acceptors (Lipinski definition) is 4. The molecule has 1 N–H and O–H groups in total. The molecular weight excluding hydrogens is 442 g/mol. The van der Waals surface area contributed by atoms with Crippen molar-refractivity contribution in [1.29, 1.82) is 0 Å². The molecule has 0 aliphatic carbocycles. The van der Waals surface area contributed by atoms with Gasteiger partial charge in [-0.2, -0.15) is 0 Å². The van der Waals surface area contributed by atoms with Gasteiger partial charge in [0.15, 0.2) is 5.65 Å². The van der Waals surface area contributed by atoms with Crippen LogP contribution in [0.15, 0.2) is 79.0 Å². The first-order valence-corrected chi connectivity index (χ1v) is 12.2. The highest BCUT2D eigenvalue weighted by Gasteiger charge is 2.20. The highest BCUT2D eigenvalue weighted by Crippen LogP contribution is 2.27. The molecule has 0 aliphatic heterocycles. The smallest absolute Gasteiger partial charge is 0.309 e. The van der Waals surface area contributed by atoms with E-state index in [0.29, 0.717) is 18.5 Å². The second kappa shape index (κ2) is 9.61. The van der Waals surface area contributed by atoms with Crippen molar-refractivity contribution in [3.05, 3.63) is 111 Å². The lowest BCUT2D eigenvalue weighted by atomic mass is 10.1. The first-order valence-electron chi connectivity index (χ1n) is 11.4. The van der Waals surface area contributed by atoms with Gasteiger partial charge in [0.2, 0.25) is 0 Å². The normalized spacial score (nSPS) is 11.2. The maximum absolute atomic E-state index is 11.8. The highest BCUT2D eigenvalue weighted by molar-refractivity contribution is 7.12. The average molecular weight is 468 g/mol. The molecule has 0 amide bonds. The van der Waals surface area contributed by atoms with Crippen LogP contribution < -0.4 is 0 Å². The van der Waals surface area contributed by atoms with Crippen LogP contribution in [0.4, 0.5) is 0 Å². The lowest BCUT2D eigenvalue weighted by Crippen LogP contribution is -2.08. The van der Waals surface area contributed by atoms with Gasteiger partial charge in [-0.15, -0.1) is 11.3 Å². The second-order valence-corrected chi connectivity index (χ2v) is 9.52. The van der Waals surface area contributed by atoms with Crippen molar-refractivity contribution in [3.63, 3.8) is 0 Å². The van der Waals surface area contributed by atoms with Crippen molar-refractivity contribution in [2.45, 2.75) is 32.6 Å². The van der Waals surface area contributed by atoms with Crippen LogP contribution in [-0.2, 0) is 30.5 Å². The number of thiophene rings is 1. The third-order valence-electron chi connectivity index (χ3n) is 5.87. The lowest BCUT2D eigenvalue weighted by molar-refractivity contribution is -0.136. The zero-order chi connectivity index (χ0) is 23.5. The number of carboxylic acids is 1. The number of aromatic nitrogens is 3. The fraction of sp³-hybridized carbons (Fsp3) is 0.179. The van der Waals surface area contributed by atoms with Crippen LogP contribution in [0, 0.1) is 0 Å². The van der Waals surface area contributed by atoms with E-state index >= 15 is 0 Å². The molecule has 0 atom stereocenters. The number of aliphatic carboxylic acids is 1. The van der Waals surface area contributed by atoms with Crippen LogP contribution in [0.3, 0.4) is 0 Å². The monoisotopic (exact) mass is 467 g/mol. The minimum absolute atomic E-state index is 0.0917. The van der Waals surface area contributed by atoms with Crippen LogP contribution in [0.2, 0.25) is 0 Å². The third kappa shape index (κ3) is 4.63. The Morgan fingerprint density at radius 3 is 2.26 bits per heavy atom. The summed E-state index contributed by atoms with van der Waals surface area (Å²) in [7, 11) is 0. The summed E-state index contributed by atoms with van der Waals surface area (Å²) in [5.74, 6) is -0.869. The molecule has 0 spiro atoms. The molecule has 3 aromatic heterocycles. The number of nitrogens with zero attached hydrogens (tertiary/aromatic N) is 3. The molecule has 0 saturated carbocycles. The number of carboxylic acid groups (broad SMARTS) is 1. The van der Waals surface area contributed by atoms with E-state index in [9.17, 15) is 9.90 Å². The van der Waals surface area contributed by atoms with E-state index < -0.39 is 5.97 Å². The topological polar surface area (TPSA) is 67.5 Å². The number of hydrogen-bond donors (Lipinski definition) is 1. The molecule has 170 valence electrons. The fourth-order valence-corrected chi connectivity index (χ4v) is 5.16. The minimum Gasteiger partial charge on any atom is -0.481 e. The Bertz CT molecular complexity index is 1440. The predicted octanol–water partition coefficient (Wildman–Crippen LogP) is 5.83. The maximum atomic E-state index is 11.8. The maximum Gasteiger partial charge on any atom is 0.309 e. The van der Waals surface area contributed by atoms with Gasteiger partial charge in [-0.05, 0) is 24.1 Å². The van der Waals surface area contributed by atoms with Gasteiger partial charge in [0.05, 0.1) is 29.2 Å². The quantitative estimate of drug-likeness (QED) is 0.312. The minimum atomic E-state index is -0.869. The van der Waals surface area contributed by atoms with E-state index in [1.165, 1.54) is 9.75 Å². The summed E-state index contributed by atoms with van der Waals surface area (Å²) in [5.41, 5.74) is 6.00. The van der Waals surface area contributed by atoms with Crippen LogP contribution in [0.25, 0.3) is 16.9 Å². The molecule has 0 fully saturated rings. The Hall–Kier alpha value is -3.77. The Morgan fingerprint density at radius 1 is 0.882 bits per heavy atom. The predicted molar refractivity (Wildman–Crippen MR) is 136 cm³/mol. The first-order chi connectivity index (χ1) is 16.6. The molecule has 5 aromatic rings. The van der Waals surface area contributed by atoms with Crippen molar-refractivity contribution in [2.24, 2.45) is 0 Å². The average Bonchev–Trinajstić information content (AvgIpc) is 3.45. The van der Waals surface area contributed by atoms with Crippen molar-refractivity contribution in [2.75, 3.05) is 0 Å². The van der Waals surface area contributed by atoms with Crippen LogP contribution in [0.5, 0.6) is 0 Å². The zero-order valence-corrected chi connectivity index (χ0v) is 19.8. The molecule has 0 bridgehead atoms. The van der Waals surface area contributed by atoms with Gasteiger partial charge in [0, 0.05) is 34.4 Å². The van der Waals surface area contributed by atoms with Gasteiger partial charge in [-0.3, -0.25) is 9.20 Å². The summed E-state index contributed by atoms with van der Waals surface area (Å²) in [4.78, 5) is 24.3. The van der Waals surface area contributed by atoms with Crippen molar-refractivity contribution in [3.8, 4) is 11.3 Å². The number of carbonyl (C=O) groups is 1. The van der Waals surface area contributed by atoms with Crippen LogP contribution in [-0.4, -0.2) is 25.4 Å². The first kappa shape index (κ1) is 22.0. The Balaban J connectivity index is 1.69. The molecule has 0 unspecified atom stereocenters. The van der Waals surface area contributed by atoms with Gasteiger partial charge in [-0.25, -0.2) is 9.97 Å². The summed E-state index contributed by atoms with van der Waals surface area (Å²) in [6.07, 6.45) is 4.06. The van der Waals surface area contributed by atoms with Crippen molar-refractivity contribution < 1.29 is 9.90 Å². The molecule has 5 rings (SSSR count). The lowest BCUT2D eigenvalue weighted by Gasteiger charge is -2.09. The van der Waals surface area contributed by atoms with Crippen LogP contribution >= 0.6 is 11.3 Å². The summed E-state index contributed by atoms with van der Waals surface area (Å²) in [5, 5.41) is 9.71. The van der Waals surface area contributed by atoms with Gasteiger partial charge >= 0.3 is 5.97 Å². The number of rotatable bonds is 8. The van der Waals surface area contributed by atoms with E-state index in [0.717, 1.165) is 40.3 Å². The molecule has 0 radical (unpaired) electrons. The van der Waals surface area contributed by atoms with Crippen molar-refractivity contribution >= 4 is 23.0 Å². The van der Waals surface area contributed by atoms with E-state index in [2.05, 4.69) is 31.2 Å². The van der Waals surface area contributed by atoms with E-state index in [-0.39, 0.29) is 6.42 Å². The molecule has 34 heavy (non-hydrogen) atoms. The number of fused-ring (bicyclic) bond motifs is 1. The third-order valence-corrected chi connectivity index (χ3v) is 7.10. The van der Waals surface area contributed by atoms with Crippen molar-refractivity contribution in [1.82, 2.24) is 14.4 Å². The number of imidazole rings is 1. The summed E-state index contributed by atoms with van der Waals surface area (Å²) < 4.78 is 1.95. The van der Waals surface area contributed by atoms with Crippen LogP contribution in [0.1, 0.15) is 39.3 Å². The van der Waals surface area contributed by atoms with Gasteiger partial charge in [0.25, 0.3) is 0 Å². The standard InChI is InChI=1S/C28H25N3O2S/c1-2-21-13-14-22(34-21)16-23-26(17-27(32)33)31-18-25(20-11-7-4-8-12-20)29-24(28(31)30-23)15-19-9-5-3-6-10-19/h3-14,18H,2,15-17H2,1H3,(H,32,33). The second-order valence-electron chi connectivity index (χ2n) is 8.27. The number of aryl methyl sites for hydroxylation is 1. The van der Waals surface area contributed by atoms with Gasteiger partial charge in [-0.1, -0.05) is 67.6 Å². The highest BCUT2D eigenvalue weighted by atomic mass is 32.1. The molecular formula is C28H25N3O2S. The summed E-state index contributed by atoms with van der Waals surface area (Å²) in [6, 6.07) is 24.4. The van der Waals surface area contributed by atoms with Gasteiger partial charge < -0.3 is 5.11 Å². The Labute approximate surface area is 202 Å². The molecule has 0 aliphatic rings. The molecule has 0 saturated heterocycles. The molecule has 5 nitrogen and oxygen atoms in total. The van der Waals surface area contributed by atoms with Gasteiger partial charge in [0.1, 0.15) is 0 Å². The Morgan fingerprint density at radius 2 is 1.59 bits per heavy atom. The molecule has 6 heteroatoms. The fourth-order valence-electron chi connectivity index (χ4n) is 4.20. The zero-order valence-electron chi connectivity index (χ0n) is 18.9.